The number of benzene rings is 2. The number of fused-ring (bicyclic) bond motifs is 1. The summed E-state index contributed by atoms with van der Waals surface area (Å²) in [7, 11) is 0. The highest BCUT2D eigenvalue weighted by Gasteiger charge is 2.19. The Bertz CT molecular complexity index is 814. The number of rotatable bonds is 8. The van der Waals surface area contributed by atoms with Crippen LogP contribution in [0.5, 0.6) is 17.2 Å². The first-order chi connectivity index (χ1) is 12.5. The number of carbonyl (C=O) groups excluding carboxylic acids is 2. The van der Waals surface area contributed by atoms with E-state index in [-0.39, 0.29) is 37.0 Å². The molecule has 2 aromatic rings. The van der Waals surface area contributed by atoms with Crippen LogP contribution in [0, 0.1) is 0 Å². The van der Waals surface area contributed by atoms with Gasteiger partial charge in [0, 0.05) is 17.3 Å². The van der Waals surface area contributed by atoms with E-state index in [1.165, 1.54) is 0 Å². The van der Waals surface area contributed by atoms with Crippen LogP contribution in [0.15, 0.2) is 40.9 Å². The number of aryl methyl sites for hydroxylation is 2. The molecule has 1 aliphatic heterocycles. The third kappa shape index (κ3) is 4.85. The molecule has 136 valence electrons. The van der Waals surface area contributed by atoms with Crippen molar-refractivity contribution in [3.8, 4) is 17.2 Å². The van der Waals surface area contributed by atoms with Crippen LogP contribution >= 0.6 is 15.9 Å². The van der Waals surface area contributed by atoms with Gasteiger partial charge in [-0.25, -0.2) is 0 Å². The Morgan fingerprint density at radius 1 is 0.962 bits per heavy atom. The minimum Gasteiger partial charge on any atom is -0.504 e. The van der Waals surface area contributed by atoms with Crippen molar-refractivity contribution in [3.05, 3.63) is 52.0 Å². The lowest BCUT2D eigenvalue weighted by Gasteiger charge is -2.05. The third-order valence-corrected chi connectivity index (χ3v) is 4.73. The lowest BCUT2D eigenvalue weighted by atomic mass is 10.0. The molecule has 0 aromatic heterocycles. The number of halogens is 1. The number of phenolic OH excluding ortho intramolecular Hbond substituents is 1. The highest BCUT2D eigenvalue weighted by molar-refractivity contribution is 9.10. The summed E-state index contributed by atoms with van der Waals surface area (Å²) in [5.41, 5.74) is 1.85. The molecule has 3 rings (SSSR count). The summed E-state index contributed by atoms with van der Waals surface area (Å²) in [6.45, 7) is 0.0815. The summed E-state index contributed by atoms with van der Waals surface area (Å²) < 4.78 is 11.4. The van der Waals surface area contributed by atoms with Crippen LogP contribution in [0.1, 0.15) is 30.4 Å². The first-order valence-corrected chi connectivity index (χ1v) is 9.20. The highest BCUT2D eigenvalue weighted by Crippen LogP contribution is 2.41. The fraction of sp³-hybridized carbons (Fsp3) is 0.300. The van der Waals surface area contributed by atoms with Crippen molar-refractivity contribution >= 4 is 27.5 Å². The molecule has 2 aromatic carbocycles. The zero-order valence-electron chi connectivity index (χ0n) is 14.2. The van der Waals surface area contributed by atoms with Gasteiger partial charge >= 0.3 is 0 Å². The van der Waals surface area contributed by atoms with E-state index < -0.39 is 0 Å². The normalized spacial score (nSPS) is 12.2. The summed E-state index contributed by atoms with van der Waals surface area (Å²) >= 11 is 3.37. The second kappa shape index (κ2) is 8.36. The molecule has 0 unspecified atom stereocenters. The van der Waals surface area contributed by atoms with Crippen LogP contribution in [0.25, 0.3) is 0 Å². The summed E-state index contributed by atoms with van der Waals surface area (Å²) in [4.78, 5) is 24.1. The number of aromatic hydroxyl groups is 1. The van der Waals surface area contributed by atoms with Crippen molar-refractivity contribution in [2.75, 3.05) is 6.79 Å². The average molecular weight is 419 g/mol. The predicted octanol–water partition coefficient (Wildman–Crippen LogP) is 3.98. The Morgan fingerprint density at radius 2 is 1.62 bits per heavy atom. The lowest BCUT2D eigenvalue weighted by molar-refractivity contribution is -0.126. The maximum atomic E-state index is 12.1. The minimum atomic E-state index is -0.0945. The Kier molecular flexibility index (Phi) is 5.93. The fourth-order valence-electron chi connectivity index (χ4n) is 2.81. The lowest BCUT2D eigenvalue weighted by Crippen LogP contribution is -2.09. The van der Waals surface area contributed by atoms with Crippen molar-refractivity contribution in [2.45, 2.75) is 32.1 Å². The Hall–Kier alpha value is -2.34. The molecule has 0 saturated carbocycles. The average Bonchev–Trinajstić information content (AvgIpc) is 3.09. The van der Waals surface area contributed by atoms with Gasteiger partial charge in [0.05, 0.1) is 6.42 Å². The standard InChI is InChI=1S/C20H19BrO5/c21-15-5-1-13(2-6-15)3-7-16(22)11-17(23)8-4-14-9-18(24)20-19(10-14)25-12-26-20/h1-2,5-6,9-10,24H,3-4,7-8,11-12H2. The van der Waals surface area contributed by atoms with Crippen molar-refractivity contribution in [1.82, 2.24) is 0 Å². The maximum absolute atomic E-state index is 12.1. The van der Waals surface area contributed by atoms with E-state index in [9.17, 15) is 14.7 Å². The van der Waals surface area contributed by atoms with Crippen LogP contribution < -0.4 is 9.47 Å². The summed E-state index contributed by atoms with van der Waals surface area (Å²) in [6.07, 6.45) is 1.65. The SMILES string of the molecule is O=C(CCc1ccc(Br)cc1)CC(=O)CCc1cc(O)c2c(c1)OCO2. The van der Waals surface area contributed by atoms with E-state index in [0.29, 0.717) is 30.8 Å². The molecule has 1 N–H and O–H groups in total. The molecule has 0 spiro atoms. The van der Waals surface area contributed by atoms with Gasteiger partial charge in [0.1, 0.15) is 11.6 Å². The molecule has 0 atom stereocenters. The zero-order chi connectivity index (χ0) is 18.5. The predicted molar refractivity (Wildman–Crippen MR) is 99.6 cm³/mol. The molecule has 0 radical (unpaired) electrons. The Labute approximate surface area is 160 Å². The number of ether oxygens (including phenoxy) is 2. The number of ketones is 2. The molecule has 1 aliphatic rings. The second-order valence-electron chi connectivity index (χ2n) is 6.23. The van der Waals surface area contributed by atoms with Crippen LogP contribution in [0.2, 0.25) is 0 Å². The third-order valence-electron chi connectivity index (χ3n) is 4.21. The molecule has 6 heteroatoms. The van der Waals surface area contributed by atoms with Gasteiger partial charge in [0.15, 0.2) is 11.5 Å². The highest BCUT2D eigenvalue weighted by atomic mass is 79.9. The van der Waals surface area contributed by atoms with E-state index >= 15 is 0 Å². The first-order valence-electron chi connectivity index (χ1n) is 8.40. The van der Waals surface area contributed by atoms with Gasteiger partial charge in [-0.2, -0.15) is 0 Å². The van der Waals surface area contributed by atoms with E-state index in [2.05, 4.69) is 15.9 Å². The van der Waals surface area contributed by atoms with Crippen LogP contribution in [-0.2, 0) is 22.4 Å². The van der Waals surface area contributed by atoms with Crippen LogP contribution in [-0.4, -0.2) is 23.5 Å². The molecule has 26 heavy (non-hydrogen) atoms. The van der Waals surface area contributed by atoms with Gasteiger partial charge in [-0.15, -0.1) is 0 Å². The Balaban J connectivity index is 1.44. The van der Waals surface area contributed by atoms with Gasteiger partial charge in [0.25, 0.3) is 0 Å². The minimum absolute atomic E-state index is 0.00743. The number of hydrogen-bond acceptors (Lipinski definition) is 5. The maximum Gasteiger partial charge on any atom is 0.231 e. The van der Waals surface area contributed by atoms with Crippen molar-refractivity contribution in [2.24, 2.45) is 0 Å². The van der Waals surface area contributed by atoms with Crippen LogP contribution in [0.4, 0.5) is 0 Å². The largest absolute Gasteiger partial charge is 0.504 e. The summed E-state index contributed by atoms with van der Waals surface area (Å²) in [5.74, 6) is 0.684. The van der Waals surface area contributed by atoms with E-state index in [1.807, 2.05) is 24.3 Å². The number of Topliss-reactive ketones (excluding diaryl/α,β-unsaturated/α-hetero) is 2. The van der Waals surface area contributed by atoms with Gasteiger partial charge in [0.2, 0.25) is 12.5 Å². The monoisotopic (exact) mass is 418 g/mol. The molecule has 0 fully saturated rings. The quantitative estimate of drug-likeness (QED) is 0.656. The molecule has 0 aliphatic carbocycles. The van der Waals surface area contributed by atoms with Gasteiger partial charge in [-0.3, -0.25) is 9.59 Å². The molecule has 0 bridgehead atoms. The van der Waals surface area contributed by atoms with E-state index in [4.69, 9.17) is 9.47 Å². The first kappa shape index (κ1) is 18.5. The molecule has 5 nitrogen and oxygen atoms in total. The number of hydrogen-bond donors (Lipinski definition) is 1. The molecule has 0 saturated heterocycles. The molecule has 0 amide bonds. The van der Waals surface area contributed by atoms with Crippen LogP contribution in [0.3, 0.4) is 0 Å². The molecule has 1 heterocycles. The number of carbonyl (C=O) groups is 2. The van der Waals surface area contributed by atoms with Gasteiger partial charge in [-0.1, -0.05) is 28.1 Å². The molecular weight excluding hydrogens is 400 g/mol. The van der Waals surface area contributed by atoms with Crippen molar-refractivity contribution < 1.29 is 24.2 Å². The zero-order valence-corrected chi connectivity index (χ0v) is 15.8. The van der Waals surface area contributed by atoms with E-state index in [1.54, 1.807) is 12.1 Å². The molecular formula is C20H19BrO5. The summed E-state index contributed by atoms with van der Waals surface area (Å²) in [6, 6.07) is 11.1. The smallest absolute Gasteiger partial charge is 0.231 e. The second-order valence-corrected chi connectivity index (χ2v) is 7.15. The summed E-state index contributed by atoms with van der Waals surface area (Å²) in [5, 5.41) is 9.87. The van der Waals surface area contributed by atoms with E-state index in [0.717, 1.165) is 15.6 Å². The Morgan fingerprint density at radius 3 is 2.31 bits per heavy atom. The fourth-order valence-corrected chi connectivity index (χ4v) is 3.07. The number of phenols is 1. The van der Waals surface area contributed by atoms with Gasteiger partial charge < -0.3 is 14.6 Å². The van der Waals surface area contributed by atoms with Gasteiger partial charge in [-0.05, 0) is 48.2 Å². The van der Waals surface area contributed by atoms with Crippen molar-refractivity contribution in [1.29, 1.82) is 0 Å². The topological polar surface area (TPSA) is 72.8 Å². The van der Waals surface area contributed by atoms with Crippen molar-refractivity contribution in [3.63, 3.8) is 0 Å².